The van der Waals surface area contributed by atoms with Gasteiger partial charge in [-0.15, -0.1) is 0 Å². The van der Waals surface area contributed by atoms with Gasteiger partial charge in [-0.25, -0.2) is 0 Å². The van der Waals surface area contributed by atoms with Crippen LogP contribution in [0.15, 0.2) is 29.4 Å². The summed E-state index contributed by atoms with van der Waals surface area (Å²) >= 11 is 0. The van der Waals surface area contributed by atoms with Crippen molar-refractivity contribution in [2.75, 3.05) is 6.67 Å². The molecule has 0 N–H and O–H groups in total. The first-order valence-corrected chi connectivity index (χ1v) is 3.52. The standard InChI is InChI=1S/C8H8N2O/c11-8-5-9-6-10-4-2-1-3-7(8)10/h1-5,7H,6H2. The van der Waals surface area contributed by atoms with E-state index in [1.807, 2.05) is 29.3 Å². The number of aliphatic imine (C=N–C) groups is 1. The molecule has 0 aromatic rings. The Labute approximate surface area is 64.7 Å². The van der Waals surface area contributed by atoms with E-state index in [1.165, 1.54) is 6.21 Å². The average Bonchev–Trinajstić information content (AvgIpc) is 2.06. The van der Waals surface area contributed by atoms with E-state index in [1.54, 1.807) is 0 Å². The zero-order chi connectivity index (χ0) is 7.68. The van der Waals surface area contributed by atoms with Crippen molar-refractivity contribution in [3.63, 3.8) is 0 Å². The Morgan fingerprint density at radius 2 is 2.45 bits per heavy atom. The number of nitrogens with zero attached hydrogens (tertiary/aromatic N) is 2. The first-order valence-electron chi connectivity index (χ1n) is 3.52. The van der Waals surface area contributed by atoms with E-state index < -0.39 is 0 Å². The highest BCUT2D eigenvalue weighted by molar-refractivity contribution is 6.31. The summed E-state index contributed by atoms with van der Waals surface area (Å²) in [5.74, 6) is 0.0665. The Hall–Kier alpha value is -1.38. The predicted octanol–water partition coefficient (Wildman–Crippen LogP) is 0.351. The maximum atomic E-state index is 11.2. The van der Waals surface area contributed by atoms with E-state index in [2.05, 4.69) is 4.99 Å². The second kappa shape index (κ2) is 2.34. The fourth-order valence-corrected chi connectivity index (χ4v) is 1.23. The molecule has 0 radical (unpaired) electrons. The van der Waals surface area contributed by atoms with Gasteiger partial charge >= 0.3 is 0 Å². The first-order chi connectivity index (χ1) is 5.38. The van der Waals surface area contributed by atoms with Crippen molar-refractivity contribution in [2.45, 2.75) is 6.04 Å². The van der Waals surface area contributed by atoms with Crippen LogP contribution < -0.4 is 0 Å². The third-order valence-corrected chi connectivity index (χ3v) is 1.79. The van der Waals surface area contributed by atoms with Crippen molar-refractivity contribution in [3.05, 3.63) is 24.4 Å². The molecule has 0 spiro atoms. The Morgan fingerprint density at radius 3 is 3.27 bits per heavy atom. The van der Waals surface area contributed by atoms with Gasteiger partial charge in [0.15, 0.2) is 5.78 Å². The highest BCUT2D eigenvalue weighted by Crippen LogP contribution is 2.11. The van der Waals surface area contributed by atoms with Gasteiger partial charge in [0.2, 0.25) is 0 Å². The number of ketones is 1. The molecule has 0 aromatic heterocycles. The summed E-state index contributed by atoms with van der Waals surface area (Å²) in [5, 5.41) is 0. The quantitative estimate of drug-likeness (QED) is 0.496. The maximum absolute atomic E-state index is 11.2. The lowest BCUT2D eigenvalue weighted by Gasteiger charge is -2.29. The number of allylic oxidation sites excluding steroid dienone is 2. The highest BCUT2D eigenvalue weighted by Gasteiger charge is 2.23. The van der Waals surface area contributed by atoms with Crippen LogP contribution in [-0.2, 0) is 4.79 Å². The van der Waals surface area contributed by atoms with Gasteiger partial charge in [-0.1, -0.05) is 12.2 Å². The fourth-order valence-electron chi connectivity index (χ4n) is 1.23. The minimum absolute atomic E-state index is 0.0665. The van der Waals surface area contributed by atoms with Gasteiger partial charge in [0.1, 0.15) is 12.7 Å². The van der Waals surface area contributed by atoms with Crippen molar-refractivity contribution in [3.8, 4) is 0 Å². The second-order valence-electron chi connectivity index (χ2n) is 2.54. The third-order valence-electron chi connectivity index (χ3n) is 1.79. The minimum atomic E-state index is -0.0995. The molecule has 11 heavy (non-hydrogen) atoms. The zero-order valence-electron chi connectivity index (χ0n) is 5.97. The van der Waals surface area contributed by atoms with Crippen LogP contribution in [-0.4, -0.2) is 29.6 Å². The van der Waals surface area contributed by atoms with E-state index >= 15 is 0 Å². The monoisotopic (exact) mass is 148 g/mol. The second-order valence-corrected chi connectivity index (χ2v) is 2.54. The molecule has 0 aromatic carbocycles. The van der Waals surface area contributed by atoms with Crippen LogP contribution >= 0.6 is 0 Å². The lowest BCUT2D eigenvalue weighted by Crippen LogP contribution is -2.41. The molecule has 0 amide bonds. The molecule has 0 aliphatic carbocycles. The van der Waals surface area contributed by atoms with Crippen molar-refractivity contribution in [2.24, 2.45) is 4.99 Å². The smallest absolute Gasteiger partial charge is 0.199 e. The van der Waals surface area contributed by atoms with Gasteiger partial charge in [-0.2, -0.15) is 0 Å². The summed E-state index contributed by atoms with van der Waals surface area (Å²) in [6.07, 6.45) is 8.97. The molecule has 2 rings (SSSR count). The van der Waals surface area contributed by atoms with E-state index in [-0.39, 0.29) is 11.8 Å². The van der Waals surface area contributed by atoms with Crippen molar-refractivity contribution in [1.29, 1.82) is 0 Å². The molecule has 1 unspecified atom stereocenters. The number of hydrogen-bond acceptors (Lipinski definition) is 3. The van der Waals surface area contributed by atoms with Crippen LogP contribution in [0.4, 0.5) is 0 Å². The van der Waals surface area contributed by atoms with Crippen LogP contribution in [0.3, 0.4) is 0 Å². The zero-order valence-corrected chi connectivity index (χ0v) is 5.97. The molecule has 0 bridgehead atoms. The molecule has 1 atom stereocenters. The van der Waals surface area contributed by atoms with Crippen molar-refractivity contribution < 1.29 is 4.79 Å². The summed E-state index contributed by atoms with van der Waals surface area (Å²) in [7, 11) is 0. The Bertz CT molecular complexity index is 265. The van der Waals surface area contributed by atoms with Crippen LogP contribution in [0.2, 0.25) is 0 Å². The molecule has 0 fully saturated rings. The number of carbonyl (C=O) groups is 1. The topological polar surface area (TPSA) is 32.7 Å². The molecular weight excluding hydrogens is 140 g/mol. The summed E-state index contributed by atoms with van der Waals surface area (Å²) in [5.41, 5.74) is 0. The molecule has 2 aliphatic rings. The molecule has 3 heteroatoms. The number of Topliss-reactive ketones (excluding diaryl/α,β-unsaturated/α-hetero) is 1. The summed E-state index contributed by atoms with van der Waals surface area (Å²) < 4.78 is 0. The van der Waals surface area contributed by atoms with E-state index in [0.29, 0.717) is 6.67 Å². The normalized spacial score (nSPS) is 27.5. The lowest BCUT2D eigenvalue weighted by atomic mass is 10.1. The van der Waals surface area contributed by atoms with Crippen molar-refractivity contribution in [1.82, 2.24) is 4.90 Å². The number of carbonyl (C=O) groups excluding carboxylic acids is 1. The van der Waals surface area contributed by atoms with Crippen molar-refractivity contribution >= 4 is 12.0 Å². The van der Waals surface area contributed by atoms with Gasteiger partial charge in [-0.3, -0.25) is 9.79 Å². The van der Waals surface area contributed by atoms with Gasteiger partial charge in [0.25, 0.3) is 0 Å². The van der Waals surface area contributed by atoms with Gasteiger partial charge in [0, 0.05) is 6.20 Å². The molecule has 2 aliphatic heterocycles. The molecule has 0 saturated heterocycles. The average molecular weight is 148 g/mol. The molecule has 0 saturated carbocycles. The van der Waals surface area contributed by atoms with Gasteiger partial charge < -0.3 is 4.90 Å². The highest BCUT2D eigenvalue weighted by atomic mass is 16.1. The van der Waals surface area contributed by atoms with Gasteiger partial charge in [-0.05, 0) is 6.08 Å². The fraction of sp³-hybridized carbons (Fsp3) is 0.250. The van der Waals surface area contributed by atoms with Crippen LogP contribution in [0.25, 0.3) is 0 Å². The molecule has 3 nitrogen and oxygen atoms in total. The van der Waals surface area contributed by atoms with Crippen LogP contribution in [0.5, 0.6) is 0 Å². The third kappa shape index (κ3) is 0.981. The van der Waals surface area contributed by atoms with Gasteiger partial charge in [0.05, 0.1) is 6.21 Å². The maximum Gasteiger partial charge on any atom is 0.199 e. The van der Waals surface area contributed by atoms with Crippen LogP contribution in [0, 0.1) is 0 Å². The largest absolute Gasteiger partial charge is 0.344 e. The summed E-state index contributed by atoms with van der Waals surface area (Å²) in [4.78, 5) is 17.0. The lowest BCUT2D eigenvalue weighted by molar-refractivity contribution is -0.115. The minimum Gasteiger partial charge on any atom is -0.344 e. The Balaban J connectivity index is 2.30. The summed E-state index contributed by atoms with van der Waals surface area (Å²) in [6.45, 7) is 0.594. The summed E-state index contributed by atoms with van der Waals surface area (Å²) in [6, 6.07) is -0.0995. The Morgan fingerprint density at radius 1 is 1.55 bits per heavy atom. The Kier molecular flexibility index (Phi) is 1.35. The number of rotatable bonds is 0. The number of fused-ring (bicyclic) bond motifs is 1. The molecule has 56 valence electrons. The van der Waals surface area contributed by atoms with E-state index in [0.717, 1.165) is 0 Å². The predicted molar refractivity (Wildman–Crippen MR) is 42.3 cm³/mol. The SMILES string of the molecule is O=C1C=NCN2C=CC=CC12. The van der Waals surface area contributed by atoms with E-state index in [4.69, 9.17) is 0 Å². The number of hydrogen-bond donors (Lipinski definition) is 0. The van der Waals surface area contributed by atoms with Crippen LogP contribution in [0.1, 0.15) is 0 Å². The van der Waals surface area contributed by atoms with E-state index in [9.17, 15) is 4.79 Å². The first kappa shape index (κ1) is 6.34. The molecular formula is C8H8N2O. The molecule has 2 heterocycles.